The Hall–Kier alpha value is -1.71. The average Bonchev–Trinajstić information content (AvgIpc) is 2.40. The van der Waals surface area contributed by atoms with Gasteiger partial charge in [-0.1, -0.05) is 53.5 Å². The van der Waals surface area contributed by atoms with E-state index in [9.17, 15) is 4.79 Å². The van der Waals surface area contributed by atoms with Crippen molar-refractivity contribution in [3.8, 4) is 5.75 Å². The lowest BCUT2D eigenvalue weighted by molar-refractivity contribution is -0.125. The minimum absolute atomic E-state index is 0.357. The summed E-state index contributed by atoms with van der Waals surface area (Å²) < 4.78 is 5.58. The van der Waals surface area contributed by atoms with Crippen LogP contribution in [0.3, 0.4) is 0 Å². The fourth-order valence-corrected chi connectivity index (χ4v) is 1.89. The maximum atomic E-state index is 11.5. The SMILES string of the molecule is NC(=O)[C@H](Oc1ccc(Cl)c(Cl)c1)c1ccccc1. The number of halogens is 2. The maximum absolute atomic E-state index is 11.5. The molecule has 0 bridgehead atoms. The second kappa shape index (κ2) is 5.95. The zero-order chi connectivity index (χ0) is 13.8. The summed E-state index contributed by atoms with van der Waals surface area (Å²) in [4.78, 5) is 11.5. The van der Waals surface area contributed by atoms with Gasteiger partial charge in [0.25, 0.3) is 5.91 Å². The van der Waals surface area contributed by atoms with Crippen LogP contribution in [0.2, 0.25) is 10.0 Å². The number of benzene rings is 2. The lowest BCUT2D eigenvalue weighted by Crippen LogP contribution is -2.26. The van der Waals surface area contributed by atoms with Crippen molar-refractivity contribution in [2.45, 2.75) is 6.10 Å². The van der Waals surface area contributed by atoms with Crippen LogP contribution in [0.5, 0.6) is 5.75 Å². The number of amides is 1. The molecule has 2 aromatic carbocycles. The molecule has 2 rings (SSSR count). The van der Waals surface area contributed by atoms with Crippen molar-refractivity contribution in [3.05, 3.63) is 64.1 Å². The Kier molecular flexibility index (Phi) is 4.30. The topological polar surface area (TPSA) is 52.3 Å². The molecule has 3 nitrogen and oxygen atoms in total. The Morgan fingerprint density at radius 3 is 2.32 bits per heavy atom. The zero-order valence-corrected chi connectivity index (χ0v) is 11.4. The summed E-state index contributed by atoms with van der Waals surface area (Å²) in [5, 5.41) is 0.778. The Balaban J connectivity index is 2.27. The van der Waals surface area contributed by atoms with Crippen molar-refractivity contribution >= 4 is 29.1 Å². The monoisotopic (exact) mass is 295 g/mol. The van der Waals surface area contributed by atoms with Gasteiger partial charge in [0.05, 0.1) is 10.0 Å². The largest absolute Gasteiger partial charge is 0.476 e. The normalized spacial score (nSPS) is 11.9. The molecule has 0 spiro atoms. The van der Waals surface area contributed by atoms with Crippen molar-refractivity contribution in [1.29, 1.82) is 0 Å². The molecule has 0 saturated heterocycles. The van der Waals surface area contributed by atoms with Crippen molar-refractivity contribution in [3.63, 3.8) is 0 Å². The minimum Gasteiger partial charge on any atom is -0.476 e. The maximum Gasteiger partial charge on any atom is 0.263 e. The van der Waals surface area contributed by atoms with E-state index in [1.54, 1.807) is 30.3 Å². The third-order valence-corrected chi connectivity index (χ3v) is 3.24. The highest BCUT2D eigenvalue weighted by Crippen LogP contribution is 2.29. The van der Waals surface area contributed by atoms with Crippen LogP contribution < -0.4 is 10.5 Å². The van der Waals surface area contributed by atoms with Crippen molar-refractivity contribution in [2.24, 2.45) is 5.73 Å². The third kappa shape index (κ3) is 3.40. The van der Waals surface area contributed by atoms with Crippen LogP contribution in [0.15, 0.2) is 48.5 Å². The van der Waals surface area contributed by atoms with E-state index in [2.05, 4.69) is 0 Å². The van der Waals surface area contributed by atoms with Gasteiger partial charge in [-0.2, -0.15) is 0 Å². The molecule has 0 heterocycles. The summed E-state index contributed by atoms with van der Waals surface area (Å²) in [5.74, 6) is -0.140. The van der Waals surface area contributed by atoms with Gasteiger partial charge in [-0.15, -0.1) is 0 Å². The smallest absolute Gasteiger partial charge is 0.263 e. The molecule has 2 aromatic rings. The van der Waals surface area contributed by atoms with E-state index in [-0.39, 0.29) is 0 Å². The summed E-state index contributed by atoms with van der Waals surface area (Å²) in [6, 6.07) is 13.8. The first-order chi connectivity index (χ1) is 9.08. The van der Waals surface area contributed by atoms with Gasteiger partial charge in [0.15, 0.2) is 0 Å². The van der Waals surface area contributed by atoms with E-state index in [1.165, 1.54) is 0 Å². The van der Waals surface area contributed by atoms with Crippen LogP contribution in [0.4, 0.5) is 0 Å². The first kappa shape index (κ1) is 13.7. The average molecular weight is 296 g/mol. The predicted octanol–water partition coefficient (Wildman–Crippen LogP) is 3.60. The summed E-state index contributed by atoms with van der Waals surface area (Å²) in [7, 11) is 0. The lowest BCUT2D eigenvalue weighted by Gasteiger charge is -2.16. The van der Waals surface area contributed by atoms with E-state index in [0.29, 0.717) is 21.4 Å². The number of carbonyl (C=O) groups excluding carboxylic acids is 1. The molecule has 0 fully saturated rings. The minimum atomic E-state index is -0.863. The lowest BCUT2D eigenvalue weighted by atomic mass is 10.1. The summed E-state index contributed by atoms with van der Waals surface area (Å²) in [5.41, 5.74) is 6.04. The number of ether oxygens (including phenoxy) is 1. The van der Waals surface area contributed by atoms with Crippen molar-refractivity contribution in [2.75, 3.05) is 0 Å². The predicted molar refractivity (Wildman–Crippen MR) is 75.5 cm³/mol. The molecule has 2 N–H and O–H groups in total. The van der Waals surface area contributed by atoms with Crippen LogP contribution in [0, 0.1) is 0 Å². The van der Waals surface area contributed by atoms with E-state index in [4.69, 9.17) is 33.7 Å². The van der Waals surface area contributed by atoms with E-state index < -0.39 is 12.0 Å². The van der Waals surface area contributed by atoms with E-state index in [0.717, 1.165) is 0 Å². The van der Waals surface area contributed by atoms with Gasteiger partial charge in [-0.3, -0.25) is 4.79 Å². The highest BCUT2D eigenvalue weighted by molar-refractivity contribution is 6.42. The van der Waals surface area contributed by atoms with Gasteiger partial charge in [0, 0.05) is 11.6 Å². The number of nitrogens with two attached hydrogens (primary N) is 1. The molecule has 1 amide bonds. The van der Waals surface area contributed by atoms with Crippen molar-refractivity contribution < 1.29 is 9.53 Å². The van der Waals surface area contributed by atoms with Gasteiger partial charge in [0.2, 0.25) is 6.10 Å². The number of primary amides is 1. The van der Waals surface area contributed by atoms with Crippen molar-refractivity contribution in [1.82, 2.24) is 0 Å². The molecule has 0 radical (unpaired) electrons. The summed E-state index contributed by atoms with van der Waals surface area (Å²) in [6.07, 6.45) is -0.863. The van der Waals surface area contributed by atoms with Gasteiger partial charge in [-0.05, 0) is 12.1 Å². The standard InChI is InChI=1S/C14H11Cl2NO2/c15-11-7-6-10(8-12(11)16)19-13(14(17)18)9-4-2-1-3-5-9/h1-8,13H,(H2,17,18)/t13-/m1/s1. The van der Waals surface area contributed by atoms with Crippen LogP contribution in [-0.4, -0.2) is 5.91 Å². The van der Waals surface area contributed by atoms with Gasteiger partial charge < -0.3 is 10.5 Å². The second-order valence-corrected chi connectivity index (χ2v) is 4.70. The molecule has 0 aromatic heterocycles. The summed E-state index contributed by atoms with van der Waals surface area (Å²) in [6.45, 7) is 0. The molecule has 0 aliphatic heterocycles. The molecule has 5 heteroatoms. The second-order valence-electron chi connectivity index (χ2n) is 3.89. The summed E-state index contributed by atoms with van der Waals surface area (Å²) >= 11 is 11.7. The molecule has 0 aliphatic rings. The molecule has 19 heavy (non-hydrogen) atoms. The molecule has 0 saturated carbocycles. The quantitative estimate of drug-likeness (QED) is 0.937. The number of hydrogen-bond donors (Lipinski definition) is 1. The highest BCUT2D eigenvalue weighted by Gasteiger charge is 2.19. The van der Waals surface area contributed by atoms with Gasteiger partial charge >= 0.3 is 0 Å². The Morgan fingerprint density at radius 1 is 1.05 bits per heavy atom. The zero-order valence-electron chi connectivity index (χ0n) is 9.85. The number of rotatable bonds is 4. The number of carbonyl (C=O) groups is 1. The molecule has 0 aliphatic carbocycles. The fourth-order valence-electron chi connectivity index (χ4n) is 1.60. The van der Waals surface area contributed by atoms with Crippen LogP contribution in [0.1, 0.15) is 11.7 Å². The highest BCUT2D eigenvalue weighted by atomic mass is 35.5. The molecular weight excluding hydrogens is 285 g/mol. The van der Waals surface area contributed by atoms with E-state index in [1.807, 2.05) is 18.2 Å². The van der Waals surface area contributed by atoms with E-state index >= 15 is 0 Å². The third-order valence-electron chi connectivity index (χ3n) is 2.51. The first-order valence-corrected chi connectivity index (χ1v) is 6.29. The molecule has 1 atom stereocenters. The molecule has 98 valence electrons. The fraction of sp³-hybridized carbons (Fsp3) is 0.0714. The van der Waals surface area contributed by atoms with Gasteiger partial charge in [0.1, 0.15) is 5.75 Å². The van der Waals surface area contributed by atoms with Crippen LogP contribution >= 0.6 is 23.2 Å². The number of hydrogen-bond acceptors (Lipinski definition) is 2. The van der Waals surface area contributed by atoms with Crippen LogP contribution in [0.25, 0.3) is 0 Å². The Bertz CT molecular complexity index is 587. The Labute approximate surface area is 120 Å². The molecular formula is C14H11Cl2NO2. The van der Waals surface area contributed by atoms with Crippen LogP contribution in [-0.2, 0) is 4.79 Å². The van der Waals surface area contributed by atoms with Gasteiger partial charge in [-0.25, -0.2) is 0 Å². The molecule has 0 unspecified atom stereocenters. The first-order valence-electron chi connectivity index (χ1n) is 5.54. The Morgan fingerprint density at radius 2 is 1.74 bits per heavy atom.